The van der Waals surface area contributed by atoms with Gasteiger partial charge in [0.1, 0.15) is 0 Å². The van der Waals surface area contributed by atoms with Crippen LogP contribution in [0.1, 0.15) is 15.2 Å². The zero-order valence-corrected chi connectivity index (χ0v) is 15.5. The quantitative estimate of drug-likeness (QED) is 0.653. The van der Waals surface area contributed by atoms with E-state index in [2.05, 4.69) is 20.9 Å². The highest BCUT2D eigenvalue weighted by Gasteiger charge is 2.03. The number of carbonyl (C=O) groups is 1. The van der Waals surface area contributed by atoms with Crippen LogP contribution in [0.4, 0.5) is 0 Å². The van der Waals surface area contributed by atoms with Crippen LogP contribution in [0.3, 0.4) is 0 Å². The third-order valence-electron chi connectivity index (χ3n) is 2.93. The maximum atomic E-state index is 12.2. The molecule has 0 spiro atoms. The van der Waals surface area contributed by atoms with E-state index in [-0.39, 0.29) is 11.3 Å². The third-order valence-corrected chi connectivity index (χ3v) is 5.79. The first-order valence-electron chi connectivity index (χ1n) is 6.48. The Hall–Kier alpha value is -1.47. The van der Waals surface area contributed by atoms with Crippen molar-refractivity contribution in [2.75, 3.05) is 0 Å². The molecule has 0 unspecified atom stereocenters. The molecule has 0 radical (unpaired) electrons. The number of ketones is 1. The molecule has 3 aromatic rings. The van der Waals surface area contributed by atoms with Gasteiger partial charge in [0, 0.05) is 31.4 Å². The van der Waals surface area contributed by atoms with Crippen LogP contribution in [-0.4, -0.2) is 10.8 Å². The monoisotopic (exact) mass is 425 g/mol. The van der Waals surface area contributed by atoms with Crippen molar-refractivity contribution in [2.45, 2.75) is 0 Å². The highest BCUT2D eigenvalue weighted by Crippen LogP contribution is 2.19. The average molecular weight is 427 g/mol. The zero-order chi connectivity index (χ0) is 16.4. The summed E-state index contributed by atoms with van der Waals surface area (Å²) in [5.74, 6) is -0.176. The Morgan fingerprint density at radius 3 is 2.65 bits per heavy atom. The number of H-pyrrole nitrogens is 1. The van der Waals surface area contributed by atoms with Gasteiger partial charge in [0.25, 0.3) is 5.56 Å². The van der Waals surface area contributed by atoms with Gasteiger partial charge in [-0.15, -0.1) is 22.7 Å². The highest BCUT2D eigenvalue weighted by molar-refractivity contribution is 9.10. The Kier molecular flexibility index (Phi) is 4.96. The van der Waals surface area contributed by atoms with Gasteiger partial charge in [0.2, 0.25) is 0 Å². The normalized spacial score (nSPS) is 12.8. The molecular formula is C16H9BrClNO2S2. The molecule has 1 aromatic carbocycles. The predicted molar refractivity (Wildman–Crippen MR) is 100 cm³/mol. The number of halogens is 2. The molecular weight excluding hydrogens is 418 g/mol. The lowest BCUT2D eigenvalue weighted by atomic mass is 10.1. The average Bonchev–Trinajstić information content (AvgIpc) is 3.06. The molecule has 1 N–H and O–H groups in total. The fourth-order valence-electron chi connectivity index (χ4n) is 1.87. The molecule has 116 valence electrons. The van der Waals surface area contributed by atoms with Crippen LogP contribution in [0.5, 0.6) is 0 Å². The summed E-state index contributed by atoms with van der Waals surface area (Å²) in [5.41, 5.74) is 0.325. The first kappa shape index (κ1) is 16.4. The van der Waals surface area contributed by atoms with Crippen molar-refractivity contribution in [3.05, 3.63) is 75.2 Å². The topological polar surface area (TPSA) is 49.9 Å². The largest absolute Gasteiger partial charge is 0.313 e. The third kappa shape index (κ3) is 4.09. The van der Waals surface area contributed by atoms with E-state index < -0.39 is 0 Å². The number of nitrogens with one attached hydrogen (secondary N) is 1. The highest BCUT2D eigenvalue weighted by atomic mass is 79.9. The van der Waals surface area contributed by atoms with Crippen molar-refractivity contribution >= 4 is 68.1 Å². The summed E-state index contributed by atoms with van der Waals surface area (Å²) in [6.07, 6.45) is 3.24. The van der Waals surface area contributed by atoms with Crippen molar-refractivity contribution in [2.24, 2.45) is 0 Å². The van der Waals surface area contributed by atoms with E-state index in [1.165, 1.54) is 28.7 Å². The van der Waals surface area contributed by atoms with Crippen LogP contribution in [-0.2, 0) is 0 Å². The molecule has 0 aliphatic heterocycles. The van der Waals surface area contributed by atoms with Crippen LogP contribution in [0.15, 0.2) is 45.0 Å². The van der Waals surface area contributed by atoms with Gasteiger partial charge in [-0.3, -0.25) is 9.59 Å². The number of aromatic amines is 1. The Morgan fingerprint density at radius 2 is 2.00 bits per heavy atom. The van der Waals surface area contributed by atoms with Crippen LogP contribution in [0, 0.1) is 0 Å². The minimum Gasteiger partial charge on any atom is -0.313 e. The maximum absolute atomic E-state index is 12.2. The fraction of sp³-hybridized carbons (Fsp3) is 0. The summed E-state index contributed by atoms with van der Waals surface area (Å²) in [7, 11) is 0. The van der Waals surface area contributed by atoms with Crippen LogP contribution in [0.2, 0.25) is 5.02 Å². The Labute approximate surface area is 152 Å². The van der Waals surface area contributed by atoms with E-state index in [0.717, 1.165) is 9.35 Å². The van der Waals surface area contributed by atoms with Gasteiger partial charge in [0.05, 0.1) is 9.20 Å². The number of aromatic nitrogens is 1. The van der Waals surface area contributed by atoms with Crippen molar-refractivity contribution < 1.29 is 4.79 Å². The lowest BCUT2D eigenvalue weighted by molar-refractivity contribution is 0.106. The second kappa shape index (κ2) is 6.97. The molecule has 7 heteroatoms. The van der Waals surface area contributed by atoms with Gasteiger partial charge in [-0.05, 0) is 52.3 Å². The van der Waals surface area contributed by atoms with Gasteiger partial charge in [-0.1, -0.05) is 11.6 Å². The number of hydrogen-bond acceptors (Lipinski definition) is 4. The molecule has 3 rings (SSSR count). The summed E-state index contributed by atoms with van der Waals surface area (Å²) in [4.78, 5) is 27.8. The van der Waals surface area contributed by atoms with Crippen LogP contribution >= 0.6 is 50.2 Å². The number of carbonyl (C=O) groups excluding carboxylic acids is 1. The lowest BCUT2D eigenvalue weighted by Gasteiger charge is -1.94. The summed E-state index contributed by atoms with van der Waals surface area (Å²) in [5, 5.41) is 2.52. The van der Waals surface area contributed by atoms with Crippen molar-refractivity contribution in [3.8, 4) is 0 Å². The van der Waals surface area contributed by atoms with E-state index in [0.29, 0.717) is 19.8 Å². The SMILES string of the molecule is O=C(/C=c1/[nH]c(=O)/c(=C/c2cc(Br)cs2)s1)c1ccc(Cl)cc1. The molecule has 3 nitrogen and oxygen atoms in total. The molecule has 0 fully saturated rings. The first-order chi connectivity index (χ1) is 11.0. The van der Waals surface area contributed by atoms with E-state index in [1.54, 1.807) is 24.3 Å². The fourth-order valence-corrected chi connectivity index (χ4v) is 4.33. The second-order valence-corrected chi connectivity index (χ2v) is 7.99. The van der Waals surface area contributed by atoms with E-state index >= 15 is 0 Å². The summed E-state index contributed by atoms with van der Waals surface area (Å²) >= 11 is 12.0. The van der Waals surface area contributed by atoms with Crippen molar-refractivity contribution in [1.82, 2.24) is 4.98 Å². The summed E-state index contributed by atoms with van der Waals surface area (Å²) in [6, 6.07) is 8.57. The molecule has 0 saturated heterocycles. The molecule has 0 atom stereocenters. The number of hydrogen-bond donors (Lipinski definition) is 1. The van der Waals surface area contributed by atoms with Gasteiger partial charge in [-0.2, -0.15) is 0 Å². The molecule has 0 saturated carbocycles. The Morgan fingerprint density at radius 1 is 1.26 bits per heavy atom. The van der Waals surface area contributed by atoms with Crippen LogP contribution < -0.4 is 14.8 Å². The predicted octanol–water partition coefficient (Wildman–Crippen LogP) is 3.41. The van der Waals surface area contributed by atoms with Gasteiger partial charge < -0.3 is 4.98 Å². The minimum atomic E-state index is -0.199. The Bertz CT molecular complexity index is 1030. The second-order valence-electron chi connectivity index (χ2n) is 4.61. The van der Waals surface area contributed by atoms with Crippen LogP contribution in [0.25, 0.3) is 12.2 Å². The van der Waals surface area contributed by atoms with Crippen molar-refractivity contribution in [1.29, 1.82) is 0 Å². The summed E-state index contributed by atoms with van der Waals surface area (Å²) in [6.45, 7) is 0. The number of thiazole rings is 1. The number of thiophene rings is 1. The molecule has 0 bridgehead atoms. The molecule has 2 aromatic heterocycles. The maximum Gasteiger partial charge on any atom is 0.266 e. The smallest absolute Gasteiger partial charge is 0.266 e. The molecule has 2 heterocycles. The molecule has 0 aliphatic carbocycles. The molecule has 0 amide bonds. The minimum absolute atomic E-state index is 0.176. The first-order valence-corrected chi connectivity index (χ1v) is 9.34. The standard InChI is InChI=1S/C16H9BrClNO2S2/c17-10-5-12(22-8-10)6-14-16(21)19-15(23-14)7-13(20)9-1-3-11(18)4-2-9/h1-8H,(H,19,21)/b14-6-,15-7-. The lowest BCUT2D eigenvalue weighted by Crippen LogP contribution is -2.19. The van der Waals surface area contributed by atoms with Gasteiger partial charge >= 0.3 is 0 Å². The van der Waals surface area contributed by atoms with Crippen molar-refractivity contribution in [3.63, 3.8) is 0 Å². The zero-order valence-electron chi connectivity index (χ0n) is 11.5. The number of benzene rings is 1. The molecule has 23 heavy (non-hydrogen) atoms. The summed E-state index contributed by atoms with van der Waals surface area (Å²) < 4.78 is 2.07. The number of Topliss-reactive ketones (excluding diaryl/α,β-unsaturated/α-hetero) is 1. The molecule has 0 aliphatic rings. The number of rotatable bonds is 3. The Balaban J connectivity index is 1.97. The van der Waals surface area contributed by atoms with E-state index in [1.807, 2.05) is 17.5 Å². The van der Waals surface area contributed by atoms with E-state index in [9.17, 15) is 9.59 Å². The van der Waals surface area contributed by atoms with Gasteiger partial charge in [-0.25, -0.2) is 0 Å². The van der Waals surface area contributed by atoms with Gasteiger partial charge in [0.15, 0.2) is 5.78 Å². The van der Waals surface area contributed by atoms with E-state index in [4.69, 9.17) is 11.6 Å².